The molecule has 0 saturated carbocycles. The van der Waals surface area contributed by atoms with Crippen LogP contribution in [-0.2, 0) is 0 Å². The van der Waals surface area contributed by atoms with E-state index in [2.05, 4.69) is 22.8 Å². The van der Waals surface area contributed by atoms with Gasteiger partial charge < -0.3 is 0 Å². The van der Waals surface area contributed by atoms with Gasteiger partial charge in [0.25, 0.3) is 0 Å². The van der Waals surface area contributed by atoms with E-state index in [0.717, 1.165) is 11.3 Å². The van der Waals surface area contributed by atoms with Gasteiger partial charge in [-0.15, -0.1) is 0 Å². The highest BCUT2D eigenvalue weighted by atomic mass is 14.9. The Labute approximate surface area is 79.0 Å². The first-order chi connectivity index (χ1) is 6.13. The SMILES string of the molecule is C=Nc1nc(C)ccc1C=C(C)C. The summed E-state index contributed by atoms with van der Waals surface area (Å²) in [5.41, 5.74) is 3.23. The Kier molecular flexibility index (Phi) is 2.96. The van der Waals surface area contributed by atoms with E-state index in [1.807, 2.05) is 32.9 Å². The van der Waals surface area contributed by atoms with E-state index in [0.29, 0.717) is 5.82 Å². The highest BCUT2D eigenvalue weighted by Gasteiger charge is 1.98. The van der Waals surface area contributed by atoms with Crippen LogP contribution in [0.1, 0.15) is 25.1 Å². The summed E-state index contributed by atoms with van der Waals surface area (Å²) >= 11 is 0. The second kappa shape index (κ2) is 3.99. The number of hydrogen-bond donors (Lipinski definition) is 0. The lowest BCUT2D eigenvalue weighted by Crippen LogP contribution is -1.84. The summed E-state index contributed by atoms with van der Waals surface area (Å²) in [7, 11) is 0. The van der Waals surface area contributed by atoms with Gasteiger partial charge >= 0.3 is 0 Å². The molecule has 1 heterocycles. The van der Waals surface area contributed by atoms with Crippen LogP contribution in [0.5, 0.6) is 0 Å². The maximum Gasteiger partial charge on any atom is 0.158 e. The minimum absolute atomic E-state index is 0.709. The Bertz CT molecular complexity index is 347. The average molecular weight is 174 g/mol. The van der Waals surface area contributed by atoms with Crippen LogP contribution in [-0.4, -0.2) is 11.7 Å². The van der Waals surface area contributed by atoms with Gasteiger partial charge in [0.2, 0.25) is 0 Å². The quantitative estimate of drug-likeness (QED) is 0.632. The molecular formula is C11H14N2. The molecule has 1 aromatic rings. The lowest BCUT2D eigenvalue weighted by atomic mass is 10.2. The fourth-order valence-corrected chi connectivity index (χ4v) is 1.10. The maximum atomic E-state index is 4.27. The van der Waals surface area contributed by atoms with Gasteiger partial charge in [-0.05, 0) is 39.6 Å². The van der Waals surface area contributed by atoms with Gasteiger partial charge in [0.1, 0.15) is 0 Å². The lowest BCUT2D eigenvalue weighted by Gasteiger charge is -2.01. The monoisotopic (exact) mass is 174 g/mol. The zero-order valence-corrected chi connectivity index (χ0v) is 8.33. The van der Waals surface area contributed by atoms with Crippen molar-refractivity contribution >= 4 is 18.6 Å². The van der Waals surface area contributed by atoms with Crippen molar-refractivity contribution in [3.05, 3.63) is 29.0 Å². The smallest absolute Gasteiger partial charge is 0.158 e. The molecule has 2 nitrogen and oxygen atoms in total. The van der Waals surface area contributed by atoms with E-state index in [-0.39, 0.29) is 0 Å². The van der Waals surface area contributed by atoms with E-state index >= 15 is 0 Å². The highest BCUT2D eigenvalue weighted by molar-refractivity contribution is 5.63. The fourth-order valence-electron chi connectivity index (χ4n) is 1.10. The van der Waals surface area contributed by atoms with E-state index in [4.69, 9.17) is 0 Å². The number of pyridine rings is 1. The van der Waals surface area contributed by atoms with Crippen molar-refractivity contribution in [2.45, 2.75) is 20.8 Å². The topological polar surface area (TPSA) is 25.2 Å². The van der Waals surface area contributed by atoms with Crippen LogP contribution >= 0.6 is 0 Å². The van der Waals surface area contributed by atoms with Crippen molar-refractivity contribution in [2.75, 3.05) is 0 Å². The third-order valence-electron chi connectivity index (χ3n) is 1.64. The Balaban J connectivity index is 3.21. The summed E-state index contributed by atoms with van der Waals surface area (Å²) in [5, 5.41) is 0. The zero-order valence-electron chi connectivity index (χ0n) is 8.33. The molecule has 2 heteroatoms. The van der Waals surface area contributed by atoms with Crippen molar-refractivity contribution in [3.8, 4) is 0 Å². The summed E-state index contributed by atoms with van der Waals surface area (Å²) in [6, 6.07) is 3.99. The molecule has 0 bridgehead atoms. The van der Waals surface area contributed by atoms with Crippen molar-refractivity contribution < 1.29 is 0 Å². The number of hydrogen-bond acceptors (Lipinski definition) is 2. The first-order valence-corrected chi connectivity index (χ1v) is 4.23. The number of aromatic nitrogens is 1. The van der Waals surface area contributed by atoms with Crippen LogP contribution in [0.15, 0.2) is 22.7 Å². The van der Waals surface area contributed by atoms with Gasteiger partial charge in [-0.1, -0.05) is 11.6 Å². The summed E-state index contributed by atoms with van der Waals surface area (Å²) in [6.45, 7) is 9.54. The summed E-state index contributed by atoms with van der Waals surface area (Å²) in [5.74, 6) is 0.709. The molecule has 1 aromatic heterocycles. The average Bonchev–Trinajstić information content (AvgIpc) is 2.07. The molecule has 0 aromatic carbocycles. The van der Waals surface area contributed by atoms with Crippen LogP contribution in [0.25, 0.3) is 6.08 Å². The Morgan fingerprint density at radius 3 is 2.69 bits per heavy atom. The minimum atomic E-state index is 0.709. The second-order valence-electron chi connectivity index (χ2n) is 3.25. The van der Waals surface area contributed by atoms with Crippen molar-refractivity contribution in [1.82, 2.24) is 4.98 Å². The maximum absolute atomic E-state index is 4.27. The molecule has 0 radical (unpaired) electrons. The van der Waals surface area contributed by atoms with Gasteiger partial charge in [0, 0.05) is 11.3 Å². The molecule has 0 aliphatic carbocycles. The molecule has 0 atom stereocenters. The van der Waals surface area contributed by atoms with Crippen molar-refractivity contribution in [1.29, 1.82) is 0 Å². The van der Waals surface area contributed by atoms with Gasteiger partial charge in [-0.3, -0.25) is 0 Å². The fraction of sp³-hybridized carbons (Fsp3) is 0.273. The van der Waals surface area contributed by atoms with Crippen molar-refractivity contribution in [3.63, 3.8) is 0 Å². The first-order valence-electron chi connectivity index (χ1n) is 4.23. The summed E-state index contributed by atoms with van der Waals surface area (Å²) in [6.07, 6.45) is 2.05. The van der Waals surface area contributed by atoms with Crippen molar-refractivity contribution in [2.24, 2.45) is 4.99 Å². The predicted octanol–water partition coefficient (Wildman–Crippen LogP) is 3.15. The standard InChI is InChI=1S/C11H14N2/c1-8(2)7-10-6-5-9(3)13-11(10)12-4/h5-7H,4H2,1-3H3. The molecule has 0 aliphatic heterocycles. The van der Waals surface area contributed by atoms with Gasteiger partial charge in [0.05, 0.1) is 0 Å². The van der Waals surface area contributed by atoms with Crippen LogP contribution in [0.2, 0.25) is 0 Å². The zero-order chi connectivity index (χ0) is 9.84. The molecule has 1 rings (SSSR count). The summed E-state index contributed by atoms with van der Waals surface area (Å²) < 4.78 is 0. The molecule has 13 heavy (non-hydrogen) atoms. The van der Waals surface area contributed by atoms with E-state index in [9.17, 15) is 0 Å². The third-order valence-corrected chi connectivity index (χ3v) is 1.64. The number of aliphatic imine (C=N–C) groups is 1. The molecule has 0 N–H and O–H groups in total. The highest BCUT2D eigenvalue weighted by Crippen LogP contribution is 2.18. The second-order valence-corrected chi connectivity index (χ2v) is 3.25. The largest absolute Gasteiger partial charge is 0.245 e. The predicted molar refractivity (Wildman–Crippen MR) is 57.5 cm³/mol. The molecule has 0 aliphatic rings. The van der Waals surface area contributed by atoms with Crippen LogP contribution < -0.4 is 0 Å². The summed E-state index contributed by atoms with van der Waals surface area (Å²) in [4.78, 5) is 8.15. The number of rotatable bonds is 2. The molecule has 0 fully saturated rings. The Morgan fingerprint density at radius 2 is 2.15 bits per heavy atom. The minimum Gasteiger partial charge on any atom is -0.245 e. The Morgan fingerprint density at radius 1 is 1.46 bits per heavy atom. The lowest BCUT2D eigenvalue weighted by molar-refractivity contribution is 1.17. The third kappa shape index (κ3) is 2.51. The van der Waals surface area contributed by atoms with E-state index in [1.54, 1.807) is 0 Å². The molecule has 0 amide bonds. The van der Waals surface area contributed by atoms with Gasteiger partial charge in [0.15, 0.2) is 5.82 Å². The molecule has 0 unspecified atom stereocenters. The molecule has 0 spiro atoms. The first kappa shape index (κ1) is 9.65. The van der Waals surface area contributed by atoms with Gasteiger partial charge in [-0.25, -0.2) is 9.98 Å². The normalized spacial score (nSPS) is 9.46. The molecular weight excluding hydrogens is 160 g/mol. The van der Waals surface area contributed by atoms with Crippen LogP contribution in [0.3, 0.4) is 0 Å². The van der Waals surface area contributed by atoms with Crippen LogP contribution in [0, 0.1) is 6.92 Å². The van der Waals surface area contributed by atoms with Gasteiger partial charge in [-0.2, -0.15) is 0 Å². The van der Waals surface area contributed by atoms with E-state index in [1.165, 1.54) is 5.57 Å². The Hall–Kier alpha value is -1.44. The van der Waals surface area contributed by atoms with Crippen LogP contribution in [0.4, 0.5) is 5.82 Å². The molecule has 68 valence electrons. The number of nitrogens with zero attached hydrogens (tertiary/aromatic N) is 2. The number of aryl methyl sites for hydroxylation is 1. The van der Waals surface area contributed by atoms with E-state index < -0.39 is 0 Å². The molecule has 0 saturated heterocycles. The number of allylic oxidation sites excluding steroid dienone is 1.